The largest absolute Gasteiger partial charge is 0.481 e. The molecule has 3 heteroatoms. The molecule has 1 atom stereocenters. The molecule has 0 aromatic heterocycles. The fourth-order valence-electron chi connectivity index (χ4n) is 2.29. The molecule has 1 aliphatic rings. The Labute approximate surface area is 102 Å². The maximum absolute atomic E-state index is 11.9. The van der Waals surface area contributed by atoms with Gasteiger partial charge in [-0.05, 0) is 30.3 Å². The Bertz CT molecular complexity index is 364. The number of hydrogen-bond acceptors (Lipinski definition) is 2. The molecule has 0 fully saturated rings. The Hall–Kier alpha value is -1.38. The van der Waals surface area contributed by atoms with E-state index in [1.165, 1.54) is 0 Å². The SMILES string of the molecule is C=CCCC(=O)C1=CC(C(=O)O)CC(C)(C)C1. The van der Waals surface area contributed by atoms with Crippen LogP contribution in [0.15, 0.2) is 24.3 Å². The van der Waals surface area contributed by atoms with E-state index in [0.717, 1.165) is 0 Å². The second-order valence-corrected chi connectivity index (χ2v) is 5.43. The van der Waals surface area contributed by atoms with Gasteiger partial charge >= 0.3 is 5.97 Å². The van der Waals surface area contributed by atoms with Gasteiger partial charge in [0.1, 0.15) is 0 Å². The van der Waals surface area contributed by atoms with Gasteiger partial charge in [-0.3, -0.25) is 9.59 Å². The normalized spacial score (nSPS) is 22.7. The van der Waals surface area contributed by atoms with Crippen LogP contribution in [0, 0.1) is 11.3 Å². The molecule has 1 unspecified atom stereocenters. The molecule has 94 valence electrons. The minimum absolute atomic E-state index is 0.0592. The lowest BCUT2D eigenvalue weighted by Crippen LogP contribution is -2.28. The summed E-state index contributed by atoms with van der Waals surface area (Å²) in [6, 6.07) is 0. The van der Waals surface area contributed by atoms with Crippen molar-refractivity contribution in [2.45, 2.75) is 39.5 Å². The molecule has 3 nitrogen and oxygen atoms in total. The van der Waals surface area contributed by atoms with Crippen molar-refractivity contribution < 1.29 is 14.7 Å². The monoisotopic (exact) mass is 236 g/mol. The van der Waals surface area contributed by atoms with Crippen molar-refractivity contribution in [3.63, 3.8) is 0 Å². The lowest BCUT2D eigenvalue weighted by atomic mass is 9.71. The third kappa shape index (κ3) is 3.84. The summed E-state index contributed by atoms with van der Waals surface area (Å²) in [4.78, 5) is 23.0. The standard InChI is InChI=1S/C14H20O3/c1-4-5-6-12(15)10-7-11(13(16)17)9-14(2,3)8-10/h4,7,11H,1,5-6,8-9H2,2-3H3,(H,16,17). The molecule has 17 heavy (non-hydrogen) atoms. The van der Waals surface area contributed by atoms with Crippen LogP contribution in [0.4, 0.5) is 0 Å². The summed E-state index contributed by atoms with van der Waals surface area (Å²) in [6.45, 7) is 7.61. The van der Waals surface area contributed by atoms with E-state index >= 15 is 0 Å². The van der Waals surface area contributed by atoms with E-state index in [1.54, 1.807) is 12.2 Å². The molecule has 0 amide bonds. The second-order valence-electron chi connectivity index (χ2n) is 5.43. The fourth-order valence-corrected chi connectivity index (χ4v) is 2.29. The minimum Gasteiger partial charge on any atom is -0.481 e. The molecule has 0 saturated heterocycles. The predicted octanol–water partition coefficient (Wildman–Crippen LogP) is 2.97. The maximum atomic E-state index is 11.9. The smallest absolute Gasteiger partial charge is 0.310 e. The van der Waals surface area contributed by atoms with Gasteiger partial charge in [-0.15, -0.1) is 6.58 Å². The zero-order valence-corrected chi connectivity index (χ0v) is 10.5. The van der Waals surface area contributed by atoms with Crippen LogP contribution in [0.1, 0.15) is 39.5 Å². The summed E-state index contributed by atoms with van der Waals surface area (Å²) in [5.41, 5.74) is 0.562. The number of hydrogen-bond donors (Lipinski definition) is 1. The topological polar surface area (TPSA) is 54.4 Å². The third-order valence-corrected chi connectivity index (χ3v) is 3.09. The summed E-state index contributed by atoms with van der Waals surface area (Å²) in [5, 5.41) is 9.07. The van der Waals surface area contributed by atoms with Gasteiger partial charge < -0.3 is 5.11 Å². The van der Waals surface area contributed by atoms with E-state index in [9.17, 15) is 9.59 Å². The highest BCUT2D eigenvalue weighted by Crippen LogP contribution is 2.38. The van der Waals surface area contributed by atoms with Gasteiger partial charge in [-0.1, -0.05) is 26.0 Å². The van der Waals surface area contributed by atoms with Gasteiger partial charge in [0.2, 0.25) is 0 Å². The Morgan fingerprint density at radius 3 is 2.76 bits per heavy atom. The van der Waals surface area contributed by atoms with Crippen LogP contribution < -0.4 is 0 Å². The summed E-state index contributed by atoms with van der Waals surface area (Å²) in [6.07, 6.45) is 5.69. The van der Waals surface area contributed by atoms with Crippen molar-refractivity contribution in [3.8, 4) is 0 Å². The van der Waals surface area contributed by atoms with Crippen LogP contribution >= 0.6 is 0 Å². The van der Waals surface area contributed by atoms with Gasteiger partial charge in [-0.2, -0.15) is 0 Å². The van der Waals surface area contributed by atoms with Crippen molar-refractivity contribution >= 4 is 11.8 Å². The van der Waals surface area contributed by atoms with E-state index in [4.69, 9.17) is 5.11 Å². The fraction of sp³-hybridized carbons (Fsp3) is 0.571. The Morgan fingerprint density at radius 1 is 1.59 bits per heavy atom. The average Bonchev–Trinajstić information content (AvgIpc) is 2.23. The average molecular weight is 236 g/mol. The number of carbonyl (C=O) groups is 2. The highest BCUT2D eigenvalue weighted by Gasteiger charge is 2.33. The number of rotatable bonds is 5. The molecule has 0 heterocycles. The number of carboxylic acid groups (broad SMARTS) is 1. The van der Waals surface area contributed by atoms with Crippen molar-refractivity contribution in [3.05, 3.63) is 24.3 Å². The third-order valence-electron chi connectivity index (χ3n) is 3.09. The molecule has 0 saturated carbocycles. The zero-order valence-electron chi connectivity index (χ0n) is 10.5. The van der Waals surface area contributed by atoms with Crippen molar-refractivity contribution in [2.75, 3.05) is 0 Å². The molecule has 0 aromatic rings. The van der Waals surface area contributed by atoms with Crippen LogP contribution in [0.5, 0.6) is 0 Å². The van der Waals surface area contributed by atoms with Crippen LogP contribution in [-0.2, 0) is 9.59 Å². The molecule has 0 bridgehead atoms. The predicted molar refractivity (Wildman–Crippen MR) is 66.7 cm³/mol. The molecule has 1 aliphatic carbocycles. The molecular weight excluding hydrogens is 216 g/mol. The number of ketones is 1. The first kappa shape index (κ1) is 13.7. The number of aliphatic carboxylic acids is 1. The van der Waals surface area contributed by atoms with Crippen molar-refractivity contribution in [1.82, 2.24) is 0 Å². The zero-order chi connectivity index (χ0) is 13.1. The van der Waals surface area contributed by atoms with E-state index < -0.39 is 11.9 Å². The lowest BCUT2D eigenvalue weighted by Gasteiger charge is -2.32. The summed E-state index contributed by atoms with van der Waals surface area (Å²) < 4.78 is 0. The first-order valence-corrected chi connectivity index (χ1v) is 5.93. The highest BCUT2D eigenvalue weighted by atomic mass is 16.4. The maximum Gasteiger partial charge on any atom is 0.310 e. The number of carboxylic acids is 1. The number of allylic oxidation sites excluding steroid dienone is 2. The van der Waals surface area contributed by atoms with E-state index in [0.29, 0.717) is 31.3 Å². The van der Waals surface area contributed by atoms with Gasteiger partial charge in [0.05, 0.1) is 5.92 Å². The van der Waals surface area contributed by atoms with Crippen molar-refractivity contribution in [2.24, 2.45) is 11.3 Å². The summed E-state index contributed by atoms with van der Waals surface area (Å²) in [7, 11) is 0. The van der Waals surface area contributed by atoms with E-state index in [-0.39, 0.29) is 11.2 Å². The first-order chi connectivity index (χ1) is 7.85. The van der Waals surface area contributed by atoms with Crippen LogP contribution in [0.2, 0.25) is 0 Å². The highest BCUT2D eigenvalue weighted by molar-refractivity contribution is 5.96. The number of carbonyl (C=O) groups excluding carboxylic acids is 1. The number of Topliss-reactive ketones (excluding diaryl/α,β-unsaturated/α-hetero) is 1. The molecular formula is C14H20O3. The van der Waals surface area contributed by atoms with Crippen LogP contribution in [0.3, 0.4) is 0 Å². The first-order valence-electron chi connectivity index (χ1n) is 5.93. The van der Waals surface area contributed by atoms with E-state index in [2.05, 4.69) is 6.58 Å². The molecule has 0 radical (unpaired) electrons. The molecule has 1 rings (SSSR count). The van der Waals surface area contributed by atoms with Crippen molar-refractivity contribution in [1.29, 1.82) is 0 Å². The quantitative estimate of drug-likeness (QED) is 0.747. The van der Waals surface area contributed by atoms with Gasteiger partial charge in [0.25, 0.3) is 0 Å². The molecule has 1 N–H and O–H groups in total. The van der Waals surface area contributed by atoms with Crippen LogP contribution in [0.25, 0.3) is 0 Å². The van der Waals surface area contributed by atoms with Crippen LogP contribution in [-0.4, -0.2) is 16.9 Å². The Kier molecular flexibility index (Phi) is 4.27. The molecule has 0 aliphatic heterocycles. The van der Waals surface area contributed by atoms with Gasteiger partial charge in [0, 0.05) is 6.42 Å². The molecule has 0 spiro atoms. The van der Waals surface area contributed by atoms with Gasteiger partial charge in [-0.25, -0.2) is 0 Å². The van der Waals surface area contributed by atoms with Gasteiger partial charge in [0.15, 0.2) is 5.78 Å². The summed E-state index contributed by atoms with van der Waals surface area (Å²) in [5.74, 6) is -1.31. The summed E-state index contributed by atoms with van der Waals surface area (Å²) >= 11 is 0. The minimum atomic E-state index is -0.841. The van der Waals surface area contributed by atoms with E-state index in [1.807, 2.05) is 13.8 Å². The lowest BCUT2D eigenvalue weighted by molar-refractivity contribution is -0.141. The second kappa shape index (κ2) is 5.30. The Morgan fingerprint density at radius 2 is 2.24 bits per heavy atom. The molecule has 0 aromatic carbocycles. The Balaban J connectivity index is 2.85.